The second kappa shape index (κ2) is 12.9. The van der Waals surface area contributed by atoms with Crippen LogP contribution in [0.2, 0.25) is 0 Å². The number of ether oxygens (including phenoxy) is 2. The van der Waals surface area contributed by atoms with Crippen molar-refractivity contribution in [1.29, 1.82) is 0 Å². The van der Waals surface area contributed by atoms with Crippen molar-refractivity contribution in [3.63, 3.8) is 0 Å². The van der Waals surface area contributed by atoms with Crippen LogP contribution in [0.1, 0.15) is 45.7 Å². The predicted molar refractivity (Wildman–Crippen MR) is 155 cm³/mol. The molecule has 0 spiro atoms. The molecule has 0 aliphatic rings. The number of aryl methyl sites for hydroxylation is 2. The molecule has 200 valence electrons. The molecule has 0 radical (unpaired) electrons. The van der Waals surface area contributed by atoms with E-state index in [0.29, 0.717) is 27.4 Å². The number of benzene rings is 3. The Kier molecular flexibility index (Phi) is 9.12. The second-order valence-corrected chi connectivity index (χ2v) is 9.65. The van der Waals surface area contributed by atoms with Gasteiger partial charge in [0.25, 0.3) is 11.8 Å². The summed E-state index contributed by atoms with van der Waals surface area (Å²) in [6.45, 7) is 5.71. The van der Waals surface area contributed by atoms with Gasteiger partial charge in [-0.25, -0.2) is 4.79 Å². The standard InChI is InChI=1S/C31H30N2O5S/c1-4-21-8-6-7-9-26(21)32-29(35)23-14-16-24(17-15-23)38-18-27(34)33-30-28(31(36)37-5-2)25(19-39-30)22-12-10-20(3)11-13-22/h6-17,19H,4-5,18H2,1-3H3,(H,32,35)(H,33,34). The normalized spacial score (nSPS) is 10.5. The van der Waals surface area contributed by atoms with E-state index in [2.05, 4.69) is 10.6 Å². The number of amides is 2. The summed E-state index contributed by atoms with van der Waals surface area (Å²) in [4.78, 5) is 38.1. The Bertz CT molecular complexity index is 1460. The minimum atomic E-state index is -0.499. The Labute approximate surface area is 231 Å². The minimum Gasteiger partial charge on any atom is -0.484 e. The molecule has 1 aromatic heterocycles. The highest BCUT2D eigenvalue weighted by Crippen LogP contribution is 2.36. The number of nitrogens with one attached hydrogen (secondary N) is 2. The Hall–Kier alpha value is -4.43. The molecule has 0 aliphatic heterocycles. The lowest BCUT2D eigenvalue weighted by atomic mass is 10.0. The third-order valence-corrected chi connectivity index (χ3v) is 6.91. The molecule has 0 unspecified atom stereocenters. The zero-order valence-electron chi connectivity index (χ0n) is 22.1. The topological polar surface area (TPSA) is 93.7 Å². The number of hydrogen-bond donors (Lipinski definition) is 2. The molecule has 4 aromatic rings. The van der Waals surface area contributed by atoms with Gasteiger partial charge in [0.15, 0.2) is 6.61 Å². The first-order valence-corrected chi connectivity index (χ1v) is 13.5. The summed E-state index contributed by atoms with van der Waals surface area (Å²) in [7, 11) is 0. The zero-order valence-corrected chi connectivity index (χ0v) is 22.9. The molecule has 0 atom stereocenters. The average Bonchev–Trinajstić information content (AvgIpc) is 3.36. The highest BCUT2D eigenvalue weighted by molar-refractivity contribution is 7.15. The molecule has 8 heteroatoms. The number of para-hydroxylation sites is 1. The molecule has 0 fully saturated rings. The first-order chi connectivity index (χ1) is 18.9. The summed E-state index contributed by atoms with van der Waals surface area (Å²) >= 11 is 1.25. The van der Waals surface area contributed by atoms with Crippen molar-refractivity contribution in [2.24, 2.45) is 0 Å². The van der Waals surface area contributed by atoms with E-state index in [1.807, 2.05) is 67.8 Å². The lowest BCUT2D eigenvalue weighted by Gasteiger charge is -2.11. The van der Waals surface area contributed by atoms with Crippen molar-refractivity contribution in [2.75, 3.05) is 23.8 Å². The van der Waals surface area contributed by atoms with Gasteiger partial charge in [-0.05, 0) is 61.7 Å². The van der Waals surface area contributed by atoms with Gasteiger partial charge < -0.3 is 20.1 Å². The Morgan fingerprint density at radius 2 is 1.59 bits per heavy atom. The quantitative estimate of drug-likeness (QED) is 0.217. The van der Waals surface area contributed by atoms with Gasteiger partial charge in [0.1, 0.15) is 16.3 Å². The second-order valence-electron chi connectivity index (χ2n) is 8.77. The molecule has 0 bridgehead atoms. The van der Waals surface area contributed by atoms with E-state index in [1.54, 1.807) is 31.2 Å². The van der Waals surface area contributed by atoms with Crippen LogP contribution in [0.25, 0.3) is 11.1 Å². The van der Waals surface area contributed by atoms with Crippen molar-refractivity contribution in [2.45, 2.75) is 27.2 Å². The molecular formula is C31H30N2O5S. The number of rotatable bonds is 10. The fourth-order valence-corrected chi connectivity index (χ4v) is 4.93. The summed E-state index contributed by atoms with van der Waals surface area (Å²) in [5.74, 6) is -0.710. The Balaban J connectivity index is 1.39. The maximum Gasteiger partial charge on any atom is 0.341 e. The SMILES string of the molecule is CCOC(=O)c1c(-c2ccc(C)cc2)csc1NC(=O)COc1ccc(C(=O)Nc2ccccc2CC)cc1. The van der Waals surface area contributed by atoms with Crippen molar-refractivity contribution < 1.29 is 23.9 Å². The first kappa shape index (κ1) is 27.6. The van der Waals surface area contributed by atoms with Gasteiger partial charge in [-0.2, -0.15) is 0 Å². The highest BCUT2D eigenvalue weighted by atomic mass is 32.1. The number of hydrogen-bond acceptors (Lipinski definition) is 6. The minimum absolute atomic E-state index is 0.220. The van der Waals surface area contributed by atoms with E-state index in [0.717, 1.165) is 28.8 Å². The van der Waals surface area contributed by atoms with Crippen LogP contribution in [0.5, 0.6) is 5.75 Å². The van der Waals surface area contributed by atoms with Gasteiger partial charge in [-0.15, -0.1) is 11.3 Å². The molecule has 0 saturated heterocycles. The third-order valence-electron chi connectivity index (χ3n) is 6.02. The molecule has 2 N–H and O–H groups in total. The molecule has 3 aromatic carbocycles. The number of esters is 1. The van der Waals surface area contributed by atoms with Crippen molar-refractivity contribution in [1.82, 2.24) is 0 Å². The molecule has 1 heterocycles. The summed E-state index contributed by atoms with van der Waals surface area (Å²) in [6, 6.07) is 22.0. The fraction of sp³-hybridized carbons (Fsp3) is 0.194. The van der Waals surface area contributed by atoms with E-state index in [1.165, 1.54) is 11.3 Å². The van der Waals surface area contributed by atoms with Gasteiger partial charge in [0.05, 0.1) is 6.61 Å². The lowest BCUT2D eigenvalue weighted by Crippen LogP contribution is -2.21. The van der Waals surface area contributed by atoms with Crippen LogP contribution in [0.3, 0.4) is 0 Å². The van der Waals surface area contributed by atoms with Crippen molar-refractivity contribution >= 4 is 39.8 Å². The molecule has 0 saturated carbocycles. The highest BCUT2D eigenvalue weighted by Gasteiger charge is 2.23. The largest absolute Gasteiger partial charge is 0.484 e. The van der Waals surface area contributed by atoms with E-state index < -0.39 is 11.9 Å². The summed E-state index contributed by atoms with van der Waals surface area (Å²) in [5.41, 5.74) is 5.29. The van der Waals surface area contributed by atoms with Crippen molar-refractivity contribution in [3.8, 4) is 16.9 Å². The van der Waals surface area contributed by atoms with Gasteiger partial charge in [0.2, 0.25) is 0 Å². The smallest absolute Gasteiger partial charge is 0.341 e. The van der Waals surface area contributed by atoms with Gasteiger partial charge >= 0.3 is 5.97 Å². The zero-order chi connectivity index (χ0) is 27.8. The van der Waals surface area contributed by atoms with Crippen LogP contribution in [-0.4, -0.2) is 31.0 Å². The van der Waals surface area contributed by atoms with Crippen LogP contribution in [-0.2, 0) is 16.0 Å². The summed E-state index contributed by atoms with van der Waals surface area (Å²) < 4.78 is 10.9. The Morgan fingerprint density at radius 3 is 2.28 bits per heavy atom. The van der Waals surface area contributed by atoms with Crippen LogP contribution in [0.4, 0.5) is 10.7 Å². The fourth-order valence-electron chi connectivity index (χ4n) is 3.96. The van der Waals surface area contributed by atoms with Gasteiger partial charge in [-0.3, -0.25) is 9.59 Å². The van der Waals surface area contributed by atoms with E-state index >= 15 is 0 Å². The Morgan fingerprint density at radius 1 is 0.872 bits per heavy atom. The number of carbonyl (C=O) groups is 3. The van der Waals surface area contributed by atoms with E-state index in [4.69, 9.17) is 9.47 Å². The molecular weight excluding hydrogens is 512 g/mol. The molecule has 39 heavy (non-hydrogen) atoms. The molecule has 0 aliphatic carbocycles. The van der Waals surface area contributed by atoms with Gasteiger partial charge in [-0.1, -0.05) is 55.0 Å². The summed E-state index contributed by atoms with van der Waals surface area (Å²) in [6.07, 6.45) is 0.811. The summed E-state index contributed by atoms with van der Waals surface area (Å²) in [5, 5.41) is 7.94. The average molecular weight is 543 g/mol. The van der Waals surface area contributed by atoms with Crippen LogP contribution >= 0.6 is 11.3 Å². The predicted octanol–water partition coefficient (Wildman–Crippen LogP) is 6.73. The number of carbonyl (C=O) groups excluding carboxylic acids is 3. The first-order valence-electron chi connectivity index (χ1n) is 12.7. The monoisotopic (exact) mass is 542 g/mol. The van der Waals surface area contributed by atoms with Crippen molar-refractivity contribution in [3.05, 3.63) is 100 Å². The lowest BCUT2D eigenvalue weighted by molar-refractivity contribution is -0.118. The van der Waals surface area contributed by atoms with Crippen LogP contribution in [0, 0.1) is 6.92 Å². The molecule has 2 amide bonds. The maximum absolute atomic E-state index is 12.8. The number of thiophene rings is 1. The van der Waals surface area contributed by atoms with Gasteiger partial charge in [0, 0.05) is 22.2 Å². The van der Waals surface area contributed by atoms with Crippen LogP contribution < -0.4 is 15.4 Å². The molecule has 4 rings (SSSR count). The van der Waals surface area contributed by atoms with E-state index in [-0.39, 0.29) is 19.1 Å². The van der Waals surface area contributed by atoms with Crippen LogP contribution in [0.15, 0.2) is 78.2 Å². The van der Waals surface area contributed by atoms with E-state index in [9.17, 15) is 14.4 Å². The molecule has 7 nitrogen and oxygen atoms in total. The number of anilines is 2. The maximum atomic E-state index is 12.8. The third kappa shape index (κ3) is 6.91.